The minimum atomic E-state index is 0.0653. The van der Waals surface area contributed by atoms with Crippen molar-refractivity contribution in [1.82, 2.24) is 0 Å². The summed E-state index contributed by atoms with van der Waals surface area (Å²) < 4.78 is 12.2. The van der Waals surface area contributed by atoms with Gasteiger partial charge in [0.05, 0.1) is 13.4 Å². The highest BCUT2D eigenvalue weighted by Gasteiger charge is 2.35. The van der Waals surface area contributed by atoms with E-state index in [1.807, 2.05) is 6.07 Å². The second kappa shape index (κ2) is 5.41. The zero-order valence-electron chi connectivity index (χ0n) is 11.7. The standard InChI is InChI=1S/C16H20BrNO2/c1-19-13-9-12(14(17)11-5-8-20-15(11)13)16(10-18)6-3-2-4-7-16/h5,8-9H,2-4,6-7,10,18H2,1H3. The fraction of sp³-hybridized carbons (Fsp3) is 0.500. The quantitative estimate of drug-likeness (QED) is 0.904. The van der Waals surface area contributed by atoms with Crippen LogP contribution in [-0.4, -0.2) is 13.7 Å². The number of rotatable bonds is 3. The van der Waals surface area contributed by atoms with E-state index in [0.29, 0.717) is 6.54 Å². The summed E-state index contributed by atoms with van der Waals surface area (Å²) in [5.41, 5.74) is 8.30. The molecule has 0 spiro atoms. The van der Waals surface area contributed by atoms with Crippen LogP contribution in [0.4, 0.5) is 0 Å². The zero-order chi connectivity index (χ0) is 14.2. The number of fused-ring (bicyclic) bond motifs is 1. The van der Waals surface area contributed by atoms with Crippen molar-refractivity contribution in [2.24, 2.45) is 5.73 Å². The van der Waals surface area contributed by atoms with Gasteiger partial charge in [0, 0.05) is 21.8 Å². The molecule has 0 radical (unpaired) electrons. The summed E-state index contributed by atoms with van der Waals surface area (Å²) >= 11 is 3.76. The molecule has 1 heterocycles. The van der Waals surface area contributed by atoms with Crippen molar-refractivity contribution in [3.8, 4) is 5.75 Å². The Morgan fingerprint density at radius 1 is 1.35 bits per heavy atom. The molecule has 1 aliphatic carbocycles. The molecule has 3 nitrogen and oxygen atoms in total. The fourth-order valence-corrected chi connectivity index (χ4v) is 4.27. The van der Waals surface area contributed by atoms with Gasteiger partial charge in [0.25, 0.3) is 0 Å². The Hall–Kier alpha value is -1.00. The average molecular weight is 338 g/mol. The van der Waals surface area contributed by atoms with Crippen molar-refractivity contribution < 1.29 is 9.15 Å². The molecule has 0 unspecified atom stereocenters. The molecule has 20 heavy (non-hydrogen) atoms. The maximum atomic E-state index is 6.16. The molecule has 0 atom stereocenters. The van der Waals surface area contributed by atoms with E-state index in [-0.39, 0.29) is 5.41 Å². The van der Waals surface area contributed by atoms with Crippen LogP contribution in [0.5, 0.6) is 5.75 Å². The van der Waals surface area contributed by atoms with E-state index in [4.69, 9.17) is 14.9 Å². The van der Waals surface area contributed by atoms with Gasteiger partial charge in [-0.1, -0.05) is 19.3 Å². The number of benzene rings is 1. The van der Waals surface area contributed by atoms with Crippen molar-refractivity contribution in [2.75, 3.05) is 13.7 Å². The van der Waals surface area contributed by atoms with Gasteiger partial charge in [-0.15, -0.1) is 0 Å². The van der Waals surface area contributed by atoms with Gasteiger partial charge in [0.1, 0.15) is 0 Å². The lowest BCUT2D eigenvalue weighted by atomic mass is 9.69. The topological polar surface area (TPSA) is 48.4 Å². The number of furan rings is 1. The predicted octanol–water partition coefficient (Wildman–Crippen LogP) is 4.36. The van der Waals surface area contributed by atoms with Gasteiger partial charge >= 0.3 is 0 Å². The molecule has 108 valence electrons. The summed E-state index contributed by atoms with van der Waals surface area (Å²) in [5, 5.41) is 1.07. The molecule has 1 fully saturated rings. The molecule has 3 rings (SSSR count). The Morgan fingerprint density at radius 3 is 2.75 bits per heavy atom. The lowest BCUT2D eigenvalue weighted by molar-refractivity contribution is 0.298. The van der Waals surface area contributed by atoms with E-state index in [0.717, 1.165) is 34.0 Å². The molecule has 1 saturated carbocycles. The van der Waals surface area contributed by atoms with E-state index in [9.17, 15) is 0 Å². The van der Waals surface area contributed by atoms with Gasteiger partial charge in [0.2, 0.25) is 0 Å². The molecule has 0 bridgehead atoms. The number of hydrogen-bond acceptors (Lipinski definition) is 3. The first-order valence-corrected chi connectivity index (χ1v) is 7.95. The summed E-state index contributed by atoms with van der Waals surface area (Å²) in [5.74, 6) is 0.793. The fourth-order valence-electron chi connectivity index (χ4n) is 3.43. The number of hydrogen-bond donors (Lipinski definition) is 1. The van der Waals surface area contributed by atoms with Gasteiger partial charge < -0.3 is 14.9 Å². The number of nitrogens with two attached hydrogens (primary N) is 1. The molecule has 1 aromatic carbocycles. The Balaban J connectivity index is 2.21. The summed E-state index contributed by atoms with van der Waals surface area (Å²) in [6.07, 6.45) is 7.80. The van der Waals surface area contributed by atoms with Gasteiger partial charge in [-0.25, -0.2) is 0 Å². The molecule has 4 heteroatoms. The number of ether oxygens (including phenoxy) is 1. The van der Waals surface area contributed by atoms with Crippen LogP contribution < -0.4 is 10.5 Å². The third-order valence-corrected chi connectivity index (χ3v) is 5.48. The van der Waals surface area contributed by atoms with Gasteiger partial charge in [-0.2, -0.15) is 0 Å². The van der Waals surface area contributed by atoms with Crippen molar-refractivity contribution in [3.05, 3.63) is 28.4 Å². The van der Waals surface area contributed by atoms with E-state index in [2.05, 4.69) is 22.0 Å². The monoisotopic (exact) mass is 337 g/mol. The van der Waals surface area contributed by atoms with Crippen LogP contribution in [0, 0.1) is 0 Å². The lowest BCUT2D eigenvalue weighted by Crippen LogP contribution is -2.37. The normalized spacial score (nSPS) is 18.4. The first-order valence-electron chi connectivity index (χ1n) is 7.16. The Morgan fingerprint density at radius 2 is 2.10 bits per heavy atom. The first kappa shape index (κ1) is 14.0. The van der Waals surface area contributed by atoms with Crippen LogP contribution in [0.1, 0.15) is 37.7 Å². The highest BCUT2D eigenvalue weighted by atomic mass is 79.9. The van der Waals surface area contributed by atoms with Crippen LogP contribution >= 0.6 is 15.9 Å². The minimum absolute atomic E-state index is 0.0653. The summed E-state index contributed by atoms with van der Waals surface area (Å²) in [6.45, 7) is 0.679. The summed E-state index contributed by atoms with van der Waals surface area (Å²) in [7, 11) is 1.69. The molecule has 0 saturated heterocycles. The molecule has 2 aromatic rings. The van der Waals surface area contributed by atoms with Crippen LogP contribution in [0.2, 0.25) is 0 Å². The van der Waals surface area contributed by atoms with Crippen molar-refractivity contribution in [1.29, 1.82) is 0 Å². The zero-order valence-corrected chi connectivity index (χ0v) is 13.3. The second-order valence-corrected chi connectivity index (χ2v) is 6.44. The molecular weight excluding hydrogens is 318 g/mol. The van der Waals surface area contributed by atoms with Gasteiger partial charge in [0.15, 0.2) is 11.3 Å². The number of methoxy groups -OCH3 is 1. The lowest BCUT2D eigenvalue weighted by Gasteiger charge is -2.37. The molecule has 0 amide bonds. The maximum absolute atomic E-state index is 6.16. The Labute approximate surface area is 127 Å². The summed E-state index contributed by atoms with van der Waals surface area (Å²) in [6, 6.07) is 4.09. The average Bonchev–Trinajstić information content (AvgIpc) is 2.98. The van der Waals surface area contributed by atoms with Gasteiger partial charge in [-0.3, -0.25) is 0 Å². The number of halogens is 1. The predicted molar refractivity (Wildman–Crippen MR) is 84.3 cm³/mol. The highest BCUT2D eigenvalue weighted by molar-refractivity contribution is 9.10. The molecule has 1 aliphatic rings. The molecule has 0 aliphatic heterocycles. The highest BCUT2D eigenvalue weighted by Crippen LogP contribution is 2.46. The Bertz CT molecular complexity index is 614. The largest absolute Gasteiger partial charge is 0.493 e. The van der Waals surface area contributed by atoms with Gasteiger partial charge in [-0.05, 0) is 46.5 Å². The van der Waals surface area contributed by atoms with E-state index >= 15 is 0 Å². The summed E-state index contributed by atoms with van der Waals surface area (Å²) in [4.78, 5) is 0. The van der Waals surface area contributed by atoms with Crippen molar-refractivity contribution >= 4 is 26.9 Å². The smallest absolute Gasteiger partial charge is 0.176 e. The van der Waals surface area contributed by atoms with E-state index < -0.39 is 0 Å². The van der Waals surface area contributed by atoms with E-state index in [1.54, 1.807) is 13.4 Å². The molecule has 1 aromatic heterocycles. The Kier molecular flexibility index (Phi) is 3.78. The minimum Gasteiger partial charge on any atom is -0.493 e. The van der Waals surface area contributed by atoms with Crippen molar-refractivity contribution in [2.45, 2.75) is 37.5 Å². The van der Waals surface area contributed by atoms with Crippen molar-refractivity contribution in [3.63, 3.8) is 0 Å². The maximum Gasteiger partial charge on any atom is 0.176 e. The molecule has 2 N–H and O–H groups in total. The van der Waals surface area contributed by atoms with Crippen LogP contribution in [-0.2, 0) is 5.41 Å². The third kappa shape index (κ3) is 2.06. The van der Waals surface area contributed by atoms with Crippen LogP contribution in [0.15, 0.2) is 27.3 Å². The van der Waals surface area contributed by atoms with E-state index in [1.165, 1.54) is 24.8 Å². The molecular formula is C16H20BrNO2. The SMILES string of the molecule is COc1cc(C2(CN)CCCCC2)c(Br)c2ccoc12. The second-order valence-electron chi connectivity index (χ2n) is 5.65. The third-order valence-electron chi connectivity index (χ3n) is 4.63. The van der Waals surface area contributed by atoms with Crippen LogP contribution in [0.3, 0.4) is 0 Å². The first-order chi connectivity index (χ1) is 9.72. The van der Waals surface area contributed by atoms with Crippen LogP contribution in [0.25, 0.3) is 11.0 Å².